The van der Waals surface area contributed by atoms with Gasteiger partial charge >= 0.3 is 0 Å². The van der Waals surface area contributed by atoms with E-state index in [0.29, 0.717) is 0 Å². The molecule has 0 saturated carbocycles. The highest BCUT2D eigenvalue weighted by molar-refractivity contribution is 7.89. The largest absolute Gasteiger partial charge is 0.396 e. The molecule has 1 aliphatic heterocycles. The Balaban J connectivity index is 2.21. The van der Waals surface area contributed by atoms with Crippen molar-refractivity contribution in [1.29, 1.82) is 0 Å². The van der Waals surface area contributed by atoms with Crippen LogP contribution in [-0.2, 0) is 10.0 Å². The maximum Gasteiger partial charge on any atom is 0.244 e. The number of pyridine rings is 1. The minimum atomic E-state index is -3.65. The summed E-state index contributed by atoms with van der Waals surface area (Å²) in [5, 5.41) is 8.79. The fourth-order valence-corrected chi connectivity index (χ4v) is 3.08. The van der Waals surface area contributed by atoms with Crippen LogP contribution < -0.4 is 0 Å². The number of aliphatic hydroxyl groups excluding tert-OH is 1. The van der Waals surface area contributed by atoms with Gasteiger partial charge in [0.15, 0.2) is 0 Å². The molecule has 0 aliphatic carbocycles. The lowest BCUT2D eigenvalue weighted by molar-refractivity contribution is 0.117. The van der Waals surface area contributed by atoms with Gasteiger partial charge in [-0.05, 0) is 6.07 Å². The van der Waals surface area contributed by atoms with Crippen molar-refractivity contribution in [3.8, 4) is 0 Å². The Morgan fingerprint density at radius 3 is 2.75 bits per heavy atom. The number of halogens is 1. The van der Waals surface area contributed by atoms with Crippen LogP contribution in [0, 0.1) is 11.7 Å². The van der Waals surface area contributed by atoms with Gasteiger partial charge in [-0.2, -0.15) is 4.31 Å². The first-order valence-corrected chi connectivity index (χ1v) is 6.19. The van der Waals surface area contributed by atoms with E-state index < -0.39 is 15.8 Å². The second-order valence-corrected chi connectivity index (χ2v) is 5.65. The fraction of sp³-hybridized carbons (Fsp3) is 0.444. The molecule has 0 bridgehead atoms. The molecule has 16 heavy (non-hydrogen) atoms. The topological polar surface area (TPSA) is 70.5 Å². The molecule has 0 unspecified atom stereocenters. The molecule has 1 aromatic rings. The minimum Gasteiger partial charge on any atom is -0.396 e. The molecule has 5 nitrogen and oxygen atoms in total. The first kappa shape index (κ1) is 11.4. The molecule has 0 radical (unpaired) electrons. The molecule has 0 amide bonds. The van der Waals surface area contributed by atoms with Gasteiger partial charge < -0.3 is 5.11 Å². The predicted molar refractivity (Wildman–Crippen MR) is 53.5 cm³/mol. The first-order valence-electron chi connectivity index (χ1n) is 4.75. The molecule has 1 aliphatic rings. The summed E-state index contributed by atoms with van der Waals surface area (Å²) in [6, 6.07) is 0.939. The average Bonchev–Trinajstić information content (AvgIpc) is 2.15. The van der Waals surface area contributed by atoms with Crippen LogP contribution in [0.3, 0.4) is 0 Å². The number of hydrogen-bond donors (Lipinski definition) is 1. The van der Waals surface area contributed by atoms with Crippen LogP contribution in [0.15, 0.2) is 23.4 Å². The van der Waals surface area contributed by atoms with E-state index in [1.54, 1.807) is 0 Å². The van der Waals surface area contributed by atoms with E-state index >= 15 is 0 Å². The van der Waals surface area contributed by atoms with Gasteiger partial charge in [-0.3, -0.25) is 4.98 Å². The van der Waals surface area contributed by atoms with Crippen molar-refractivity contribution in [2.45, 2.75) is 4.90 Å². The molecule has 88 valence electrons. The van der Waals surface area contributed by atoms with Gasteiger partial charge in [0.1, 0.15) is 10.7 Å². The molecule has 2 rings (SSSR count). The monoisotopic (exact) mass is 246 g/mol. The number of rotatable bonds is 3. The first-order chi connectivity index (χ1) is 7.54. The van der Waals surface area contributed by atoms with E-state index in [0.717, 1.165) is 18.5 Å². The summed E-state index contributed by atoms with van der Waals surface area (Å²) in [5.74, 6) is -0.698. The second kappa shape index (κ2) is 4.08. The predicted octanol–water partition coefficient (Wildman–Crippen LogP) is -0.166. The lowest BCUT2D eigenvalue weighted by atomic mass is 10.1. The van der Waals surface area contributed by atoms with E-state index in [-0.39, 0.29) is 30.5 Å². The van der Waals surface area contributed by atoms with Crippen molar-refractivity contribution in [2.75, 3.05) is 19.7 Å². The number of aromatic nitrogens is 1. The van der Waals surface area contributed by atoms with Gasteiger partial charge in [-0.15, -0.1) is 0 Å². The second-order valence-electron chi connectivity index (χ2n) is 3.71. The normalized spacial score (nSPS) is 18.4. The fourth-order valence-electron chi connectivity index (χ4n) is 1.52. The van der Waals surface area contributed by atoms with E-state index in [9.17, 15) is 12.8 Å². The molecular weight excluding hydrogens is 235 g/mol. The Bertz CT molecular complexity index is 485. The average molecular weight is 246 g/mol. The van der Waals surface area contributed by atoms with Crippen LogP contribution in [0.5, 0.6) is 0 Å². The summed E-state index contributed by atoms with van der Waals surface area (Å²) >= 11 is 0. The zero-order chi connectivity index (χ0) is 11.8. The van der Waals surface area contributed by atoms with Crippen molar-refractivity contribution in [2.24, 2.45) is 5.92 Å². The lowest BCUT2D eigenvalue weighted by Gasteiger charge is -2.36. The van der Waals surface area contributed by atoms with Crippen LogP contribution in [0.25, 0.3) is 0 Å². The number of sulfonamides is 1. The summed E-state index contributed by atoms with van der Waals surface area (Å²) in [6.07, 6.45) is 2.07. The van der Waals surface area contributed by atoms with Gasteiger partial charge in [0, 0.05) is 31.8 Å². The van der Waals surface area contributed by atoms with E-state index in [1.807, 2.05) is 0 Å². The van der Waals surface area contributed by atoms with Gasteiger partial charge in [-0.25, -0.2) is 12.8 Å². The molecule has 7 heteroatoms. The lowest BCUT2D eigenvalue weighted by Crippen LogP contribution is -2.51. The SMILES string of the molecule is O=S(=O)(c1cncc(F)c1)N1CC(CO)C1. The Morgan fingerprint density at radius 1 is 1.50 bits per heavy atom. The third kappa shape index (κ3) is 1.93. The molecule has 1 N–H and O–H groups in total. The summed E-state index contributed by atoms with van der Waals surface area (Å²) in [4.78, 5) is 3.35. The highest BCUT2D eigenvalue weighted by Crippen LogP contribution is 2.24. The molecule has 1 fully saturated rings. The Labute approximate surface area is 92.6 Å². The van der Waals surface area contributed by atoms with Crippen LogP contribution >= 0.6 is 0 Å². The summed E-state index contributed by atoms with van der Waals surface area (Å²) < 4.78 is 37.8. The number of hydrogen-bond acceptors (Lipinski definition) is 4. The van der Waals surface area contributed by atoms with E-state index in [4.69, 9.17) is 5.11 Å². The highest BCUT2D eigenvalue weighted by Gasteiger charge is 2.36. The molecule has 1 saturated heterocycles. The van der Waals surface area contributed by atoms with Crippen LogP contribution in [-0.4, -0.2) is 42.5 Å². The molecule has 0 aromatic carbocycles. The number of aliphatic hydroxyl groups is 1. The quantitative estimate of drug-likeness (QED) is 0.804. The minimum absolute atomic E-state index is 0.0173. The summed E-state index contributed by atoms with van der Waals surface area (Å²) in [6.45, 7) is 0.512. The van der Waals surface area contributed by atoms with Crippen LogP contribution in [0.1, 0.15) is 0 Å². The summed E-state index contributed by atoms with van der Waals surface area (Å²) in [7, 11) is -3.65. The van der Waals surface area contributed by atoms with Crippen LogP contribution in [0.4, 0.5) is 4.39 Å². The van der Waals surface area contributed by atoms with Crippen molar-refractivity contribution in [3.63, 3.8) is 0 Å². The van der Waals surface area contributed by atoms with E-state index in [2.05, 4.69) is 4.98 Å². The Kier molecular flexibility index (Phi) is 2.92. The maximum atomic E-state index is 12.8. The molecule has 0 atom stereocenters. The van der Waals surface area contributed by atoms with Crippen LogP contribution in [0.2, 0.25) is 0 Å². The van der Waals surface area contributed by atoms with Gasteiger partial charge in [-0.1, -0.05) is 0 Å². The zero-order valence-corrected chi connectivity index (χ0v) is 9.19. The van der Waals surface area contributed by atoms with Crippen molar-refractivity contribution in [3.05, 3.63) is 24.3 Å². The zero-order valence-electron chi connectivity index (χ0n) is 8.38. The van der Waals surface area contributed by atoms with Crippen molar-refractivity contribution < 1.29 is 17.9 Å². The molecular formula is C9H11FN2O3S. The number of nitrogens with zero attached hydrogens (tertiary/aromatic N) is 2. The Morgan fingerprint density at radius 2 is 2.19 bits per heavy atom. The van der Waals surface area contributed by atoms with Crippen molar-refractivity contribution in [1.82, 2.24) is 9.29 Å². The van der Waals surface area contributed by atoms with Crippen molar-refractivity contribution >= 4 is 10.0 Å². The third-order valence-corrected chi connectivity index (χ3v) is 4.30. The van der Waals surface area contributed by atoms with Gasteiger partial charge in [0.2, 0.25) is 10.0 Å². The van der Waals surface area contributed by atoms with Gasteiger partial charge in [0.25, 0.3) is 0 Å². The van der Waals surface area contributed by atoms with Gasteiger partial charge in [0.05, 0.1) is 6.20 Å². The maximum absolute atomic E-state index is 12.8. The summed E-state index contributed by atoms with van der Waals surface area (Å²) in [5.41, 5.74) is 0. The van der Waals surface area contributed by atoms with E-state index in [1.165, 1.54) is 4.31 Å². The molecule has 0 spiro atoms. The smallest absolute Gasteiger partial charge is 0.244 e. The third-order valence-electron chi connectivity index (χ3n) is 2.50. The molecule has 2 heterocycles. The molecule has 1 aromatic heterocycles. The highest BCUT2D eigenvalue weighted by atomic mass is 32.2. The standard InChI is InChI=1S/C9H11FN2O3S/c10-8-1-9(3-11-2-8)16(14,15)12-4-7(5-12)6-13/h1-3,7,13H,4-6H2. The Hall–Kier alpha value is -1.05.